The molecule has 0 bridgehead atoms. The van der Waals surface area contributed by atoms with Crippen molar-refractivity contribution in [2.24, 2.45) is 0 Å². The van der Waals surface area contributed by atoms with Crippen molar-refractivity contribution in [3.8, 4) is 0 Å². The van der Waals surface area contributed by atoms with Gasteiger partial charge in [-0.3, -0.25) is 9.59 Å². The number of hydrogen-bond acceptors (Lipinski definition) is 3. The number of carbonyl (C=O) groups is 2. The molecule has 0 fully saturated rings. The summed E-state index contributed by atoms with van der Waals surface area (Å²) in [7, 11) is 0. The Morgan fingerprint density at radius 3 is 2.04 bits per heavy atom. The Bertz CT molecular complexity index is 939. The molecule has 0 heterocycles. The third-order valence-electron chi connectivity index (χ3n) is 4.15. The molecule has 4 nitrogen and oxygen atoms in total. The maximum absolute atomic E-state index is 12.3. The van der Waals surface area contributed by atoms with Gasteiger partial charge >= 0.3 is 0 Å². The van der Waals surface area contributed by atoms with Crippen molar-refractivity contribution in [3.05, 3.63) is 90.0 Å². The lowest BCUT2D eigenvalue weighted by Crippen LogP contribution is -2.22. The summed E-state index contributed by atoms with van der Waals surface area (Å²) >= 11 is 1.47. The summed E-state index contributed by atoms with van der Waals surface area (Å²) < 4.78 is 0. The minimum absolute atomic E-state index is 0.0482. The molecule has 0 radical (unpaired) electrons. The minimum Gasteiger partial charge on any atom is -0.325 e. The zero-order valence-electron chi connectivity index (χ0n) is 15.8. The Balaban J connectivity index is 1.55. The quantitative estimate of drug-likeness (QED) is 0.557. The second kappa shape index (κ2) is 9.24. The molecule has 3 rings (SSSR count). The van der Waals surface area contributed by atoms with E-state index >= 15 is 0 Å². The van der Waals surface area contributed by atoms with Gasteiger partial charge in [-0.1, -0.05) is 35.9 Å². The fourth-order valence-corrected chi connectivity index (χ4v) is 3.42. The number of carbonyl (C=O) groups excluding carboxylic acids is 2. The van der Waals surface area contributed by atoms with Gasteiger partial charge in [0.2, 0.25) is 5.91 Å². The van der Waals surface area contributed by atoms with Crippen molar-refractivity contribution in [2.45, 2.75) is 24.0 Å². The first-order chi connectivity index (χ1) is 13.5. The van der Waals surface area contributed by atoms with Crippen molar-refractivity contribution in [3.63, 3.8) is 0 Å². The predicted octanol–water partition coefficient (Wildman–Crippen LogP) is 5.37. The van der Waals surface area contributed by atoms with Crippen LogP contribution in [0.3, 0.4) is 0 Å². The van der Waals surface area contributed by atoms with Gasteiger partial charge in [-0.15, -0.1) is 11.8 Å². The highest BCUT2D eigenvalue weighted by atomic mass is 32.2. The van der Waals surface area contributed by atoms with Crippen LogP contribution in [0.2, 0.25) is 0 Å². The number of benzene rings is 3. The summed E-state index contributed by atoms with van der Waals surface area (Å²) in [5.74, 6) is -0.191. The molecule has 0 aromatic heterocycles. The van der Waals surface area contributed by atoms with Crippen LogP contribution in [0.1, 0.15) is 22.8 Å². The van der Waals surface area contributed by atoms with Crippen LogP contribution in [0.25, 0.3) is 0 Å². The molecule has 5 heteroatoms. The van der Waals surface area contributed by atoms with E-state index < -0.39 is 0 Å². The van der Waals surface area contributed by atoms with E-state index in [1.165, 1.54) is 11.8 Å². The summed E-state index contributed by atoms with van der Waals surface area (Å²) in [5, 5.41) is 5.55. The Kier molecular flexibility index (Phi) is 6.50. The van der Waals surface area contributed by atoms with E-state index in [4.69, 9.17) is 0 Å². The van der Waals surface area contributed by atoms with Gasteiger partial charge < -0.3 is 10.6 Å². The fourth-order valence-electron chi connectivity index (χ4n) is 2.55. The molecular formula is C23H22N2O2S. The van der Waals surface area contributed by atoms with Crippen LogP contribution < -0.4 is 10.6 Å². The number of para-hydroxylation sites is 1. The molecule has 0 aliphatic heterocycles. The van der Waals surface area contributed by atoms with Crippen molar-refractivity contribution in [1.82, 2.24) is 0 Å². The van der Waals surface area contributed by atoms with Gasteiger partial charge in [0, 0.05) is 21.8 Å². The van der Waals surface area contributed by atoms with Gasteiger partial charge in [0.05, 0.1) is 5.25 Å². The van der Waals surface area contributed by atoms with Crippen LogP contribution in [0.15, 0.2) is 83.8 Å². The number of thioether (sulfide) groups is 1. The Morgan fingerprint density at radius 2 is 1.39 bits per heavy atom. The second-order valence-electron chi connectivity index (χ2n) is 6.46. The average molecular weight is 391 g/mol. The standard InChI is InChI=1S/C23H22N2O2S/c1-16-8-10-18(11-9-16)23(27)25-20-12-14-21(15-13-20)28-17(2)22(26)24-19-6-4-3-5-7-19/h3-15,17H,1-2H3,(H,24,26)(H,25,27). The molecule has 1 unspecified atom stereocenters. The number of aryl methyl sites for hydroxylation is 1. The van der Waals surface area contributed by atoms with Crippen LogP contribution in [-0.4, -0.2) is 17.1 Å². The number of rotatable bonds is 6. The largest absolute Gasteiger partial charge is 0.325 e. The zero-order valence-corrected chi connectivity index (χ0v) is 16.6. The maximum Gasteiger partial charge on any atom is 0.255 e. The van der Waals surface area contributed by atoms with Gasteiger partial charge in [0.25, 0.3) is 5.91 Å². The summed E-state index contributed by atoms with van der Waals surface area (Å²) in [6.07, 6.45) is 0. The molecular weight excluding hydrogens is 368 g/mol. The molecule has 0 aliphatic carbocycles. The van der Waals surface area contributed by atoms with Crippen molar-refractivity contribution in [1.29, 1.82) is 0 Å². The average Bonchev–Trinajstić information content (AvgIpc) is 2.70. The number of amides is 2. The molecule has 3 aromatic carbocycles. The molecule has 1 atom stereocenters. The Labute approximate surface area is 169 Å². The Morgan fingerprint density at radius 1 is 0.786 bits per heavy atom. The first kappa shape index (κ1) is 19.7. The van der Waals surface area contributed by atoms with Crippen LogP contribution in [0.5, 0.6) is 0 Å². The fraction of sp³-hybridized carbons (Fsp3) is 0.130. The van der Waals surface area contributed by atoms with E-state index in [1.807, 2.05) is 92.7 Å². The smallest absolute Gasteiger partial charge is 0.255 e. The molecule has 2 amide bonds. The molecule has 28 heavy (non-hydrogen) atoms. The topological polar surface area (TPSA) is 58.2 Å². The monoisotopic (exact) mass is 390 g/mol. The summed E-state index contributed by atoms with van der Waals surface area (Å²) in [4.78, 5) is 25.6. The van der Waals surface area contributed by atoms with Gasteiger partial charge in [-0.2, -0.15) is 0 Å². The van der Waals surface area contributed by atoms with Gasteiger partial charge in [-0.05, 0) is 62.4 Å². The minimum atomic E-state index is -0.242. The number of hydrogen-bond donors (Lipinski definition) is 2. The summed E-state index contributed by atoms with van der Waals surface area (Å²) in [6.45, 7) is 3.86. The van der Waals surface area contributed by atoms with E-state index in [9.17, 15) is 9.59 Å². The van der Waals surface area contributed by atoms with E-state index in [2.05, 4.69) is 10.6 Å². The lowest BCUT2D eigenvalue weighted by molar-refractivity contribution is -0.115. The van der Waals surface area contributed by atoms with Crippen LogP contribution >= 0.6 is 11.8 Å². The normalized spacial score (nSPS) is 11.5. The van der Waals surface area contributed by atoms with Crippen molar-refractivity contribution in [2.75, 3.05) is 10.6 Å². The predicted molar refractivity (Wildman–Crippen MR) is 116 cm³/mol. The van der Waals surface area contributed by atoms with E-state index in [0.29, 0.717) is 5.56 Å². The first-order valence-corrected chi connectivity index (χ1v) is 9.90. The molecule has 0 spiro atoms. The highest BCUT2D eigenvalue weighted by Gasteiger charge is 2.14. The highest BCUT2D eigenvalue weighted by Crippen LogP contribution is 2.26. The number of anilines is 2. The molecule has 142 valence electrons. The highest BCUT2D eigenvalue weighted by molar-refractivity contribution is 8.00. The zero-order chi connectivity index (χ0) is 19.9. The summed E-state index contributed by atoms with van der Waals surface area (Å²) in [5.41, 5.74) is 3.24. The lowest BCUT2D eigenvalue weighted by atomic mass is 10.1. The maximum atomic E-state index is 12.3. The lowest BCUT2D eigenvalue weighted by Gasteiger charge is -2.12. The van der Waals surface area contributed by atoms with E-state index in [1.54, 1.807) is 0 Å². The number of nitrogens with one attached hydrogen (secondary N) is 2. The second-order valence-corrected chi connectivity index (χ2v) is 7.87. The molecule has 0 saturated carbocycles. The van der Waals surface area contributed by atoms with Gasteiger partial charge in [0.15, 0.2) is 0 Å². The first-order valence-electron chi connectivity index (χ1n) is 9.02. The SMILES string of the molecule is Cc1ccc(C(=O)Nc2ccc(SC(C)C(=O)Nc3ccccc3)cc2)cc1. The molecule has 3 aromatic rings. The Hall–Kier alpha value is -3.05. The van der Waals surface area contributed by atoms with E-state index in [0.717, 1.165) is 21.8 Å². The third kappa shape index (κ3) is 5.47. The molecule has 2 N–H and O–H groups in total. The van der Waals surface area contributed by atoms with Gasteiger partial charge in [0.1, 0.15) is 0 Å². The van der Waals surface area contributed by atoms with E-state index in [-0.39, 0.29) is 17.1 Å². The van der Waals surface area contributed by atoms with Crippen molar-refractivity contribution < 1.29 is 9.59 Å². The van der Waals surface area contributed by atoms with Crippen LogP contribution in [-0.2, 0) is 4.79 Å². The van der Waals surface area contributed by atoms with Crippen molar-refractivity contribution >= 4 is 35.0 Å². The third-order valence-corrected chi connectivity index (χ3v) is 5.26. The van der Waals surface area contributed by atoms with Crippen LogP contribution in [0.4, 0.5) is 11.4 Å². The summed E-state index contributed by atoms with van der Waals surface area (Å²) in [6, 6.07) is 24.3. The van der Waals surface area contributed by atoms with Crippen LogP contribution in [0, 0.1) is 6.92 Å². The molecule has 0 saturated heterocycles. The van der Waals surface area contributed by atoms with Gasteiger partial charge in [-0.25, -0.2) is 0 Å². The molecule has 0 aliphatic rings.